The van der Waals surface area contributed by atoms with Gasteiger partial charge in [-0.05, 0) is 48.1 Å². The van der Waals surface area contributed by atoms with Gasteiger partial charge in [0, 0.05) is 24.0 Å². The maximum absolute atomic E-state index is 8.96. The molecule has 19 heavy (non-hydrogen) atoms. The number of nitriles is 1. The van der Waals surface area contributed by atoms with Crippen molar-refractivity contribution in [3.05, 3.63) is 57.3 Å². The first kappa shape index (κ1) is 12.4. The molecule has 1 aliphatic heterocycles. The Kier molecular flexibility index (Phi) is 3.37. The van der Waals surface area contributed by atoms with Gasteiger partial charge in [-0.1, -0.05) is 12.1 Å². The molecule has 3 rings (SSSR count). The van der Waals surface area contributed by atoms with E-state index in [9.17, 15) is 0 Å². The van der Waals surface area contributed by atoms with E-state index < -0.39 is 0 Å². The standard InChI is InChI=1S/C16H16N2S/c1-12-15-6-8-19-16(15)5-7-18(12)11-14-4-2-3-13(9-14)10-17/h2-4,6,8-9,12H,5,7,11H2,1H3. The third-order valence-corrected chi connectivity index (χ3v) is 4.84. The van der Waals surface area contributed by atoms with E-state index in [0.29, 0.717) is 6.04 Å². The van der Waals surface area contributed by atoms with Gasteiger partial charge in [-0.2, -0.15) is 5.26 Å². The van der Waals surface area contributed by atoms with E-state index in [0.717, 1.165) is 25.1 Å². The maximum Gasteiger partial charge on any atom is 0.0991 e. The molecular formula is C16H16N2S. The van der Waals surface area contributed by atoms with Gasteiger partial charge >= 0.3 is 0 Å². The fourth-order valence-corrected chi connectivity index (χ4v) is 3.71. The molecular weight excluding hydrogens is 252 g/mol. The molecule has 0 fully saturated rings. The summed E-state index contributed by atoms with van der Waals surface area (Å²) in [6.07, 6.45) is 1.15. The summed E-state index contributed by atoms with van der Waals surface area (Å²) < 4.78 is 0. The summed E-state index contributed by atoms with van der Waals surface area (Å²) in [5.74, 6) is 0. The Bertz CT molecular complexity index is 624. The van der Waals surface area contributed by atoms with Gasteiger partial charge in [0.25, 0.3) is 0 Å². The number of fused-ring (bicyclic) bond motifs is 1. The van der Waals surface area contributed by atoms with Crippen molar-refractivity contribution in [1.82, 2.24) is 4.90 Å². The Hall–Kier alpha value is -1.63. The van der Waals surface area contributed by atoms with Crippen molar-refractivity contribution in [2.24, 2.45) is 0 Å². The maximum atomic E-state index is 8.96. The summed E-state index contributed by atoms with van der Waals surface area (Å²) in [5.41, 5.74) is 3.45. The highest BCUT2D eigenvalue weighted by molar-refractivity contribution is 7.10. The molecule has 0 radical (unpaired) electrons. The second-order valence-electron chi connectivity index (χ2n) is 5.01. The van der Waals surface area contributed by atoms with Crippen LogP contribution in [0.5, 0.6) is 0 Å². The van der Waals surface area contributed by atoms with Gasteiger partial charge < -0.3 is 0 Å². The first-order valence-corrected chi connectivity index (χ1v) is 7.45. The molecule has 0 saturated carbocycles. The zero-order chi connectivity index (χ0) is 13.2. The minimum absolute atomic E-state index is 0.473. The highest BCUT2D eigenvalue weighted by Crippen LogP contribution is 2.33. The molecule has 1 atom stereocenters. The molecule has 1 aromatic carbocycles. The Morgan fingerprint density at radius 2 is 2.32 bits per heavy atom. The zero-order valence-corrected chi connectivity index (χ0v) is 11.8. The lowest BCUT2D eigenvalue weighted by Gasteiger charge is -2.33. The van der Waals surface area contributed by atoms with Crippen LogP contribution in [0.2, 0.25) is 0 Å². The Morgan fingerprint density at radius 3 is 3.16 bits per heavy atom. The zero-order valence-electron chi connectivity index (χ0n) is 11.0. The molecule has 0 aliphatic carbocycles. The molecule has 96 valence electrons. The van der Waals surface area contributed by atoms with Crippen molar-refractivity contribution in [3.63, 3.8) is 0 Å². The summed E-state index contributed by atoms with van der Waals surface area (Å²) in [7, 11) is 0. The Labute approximate surface area is 117 Å². The number of hydrogen-bond donors (Lipinski definition) is 0. The van der Waals surface area contributed by atoms with Crippen LogP contribution in [-0.4, -0.2) is 11.4 Å². The van der Waals surface area contributed by atoms with E-state index in [1.165, 1.54) is 16.0 Å². The van der Waals surface area contributed by atoms with Gasteiger partial charge in [0.1, 0.15) is 0 Å². The lowest BCUT2D eigenvalue weighted by atomic mass is 10.0. The fourth-order valence-electron chi connectivity index (χ4n) is 2.75. The predicted molar refractivity (Wildman–Crippen MR) is 78.0 cm³/mol. The van der Waals surface area contributed by atoms with Gasteiger partial charge in [-0.3, -0.25) is 4.90 Å². The van der Waals surface area contributed by atoms with Crippen molar-refractivity contribution in [2.75, 3.05) is 6.54 Å². The summed E-state index contributed by atoms with van der Waals surface area (Å²) in [5, 5.41) is 11.2. The molecule has 0 amide bonds. The SMILES string of the molecule is CC1c2ccsc2CCN1Cc1cccc(C#N)c1. The number of benzene rings is 1. The van der Waals surface area contributed by atoms with Gasteiger partial charge in [-0.25, -0.2) is 0 Å². The van der Waals surface area contributed by atoms with Gasteiger partial charge in [0.15, 0.2) is 0 Å². The molecule has 3 heteroatoms. The first-order chi connectivity index (χ1) is 9.28. The number of thiophene rings is 1. The van der Waals surface area contributed by atoms with E-state index in [4.69, 9.17) is 5.26 Å². The van der Waals surface area contributed by atoms with Crippen LogP contribution in [0.15, 0.2) is 35.7 Å². The quantitative estimate of drug-likeness (QED) is 0.829. The van der Waals surface area contributed by atoms with E-state index in [1.807, 2.05) is 29.5 Å². The van der Waals surface area contributed by atoms with Crippen LogP contribution < -0.4 is 0 Å². The third-order valence-electron chi connectivity index (χ3n) is 3.85. The molecule has 2 nitrogen and oxygen atoms in total. The lowest BCUT2D eigenvalue weighted by molar-refractivity contribution is 0.191. The van der Waals surface area contributed by atoms with Crippen molar-refractivity contribution in [3.8, 4) is 6.07 Å². The van der Waals surface area contributed by atoms with Crippen molar-refractivity contribution >= 4 is 11.3 Å². The van der Waals surface area contributed by atoms with Crippen molar-refractivity contribution < 1.29 is 0 Å². The average molecular weight is 268 g/mol. The minimum atomic E-state index is 0.473. The lowest BCUT2D eigenvalue weighted by Crippen LogP contribution is -2.32. The average Bonchev–Trinajstić information content (AvgIpc) is 2.91. The van der Waals surface area contributed by atoms with E-state index >= 15 is 0 Å². The summed E-state index contributed by atoms with van der Waals surface area (Å²) in [6.45, 7) is 4.30. The molecule has 1 unspecified atom stereocenters. The monoisotopic (exact) mass is 268 g/mol. The molecule has 1 aromatic heterocycles. The van der Waals surface area contributed by atoms with Gasteiger partial charge in [-0.15, -0.1) is 11.3 Å². The second kappa shape index (κ2) is 5.16. The highest BCUT2D eigenvalue weighted by Gasteiger charge is 2.24. The summed E-state index contributed by atoms with van der Waals surface area (Å²) >= 11 is 1.87. The molecule has 0 N–H and O–H groups in total. The fraction of sp³-hybridized carbons (Fsp3) is 0.312. The van der Waals surface area contributed by atoms with Crippen LogP contribution in [0, 0.1) is 11.3 Å². The molecule has 2 aromatic rings. The Morgan fingerprint density at radius 1 is 1.42 bits per heavy atom. The van der Waals surface area contributed by atoms with Gasteiger partial charge in [0.05, 0.1) is 11.6 Å². The van der Waals surface area contributed by atoms with Crippen LogP contribution in [0.1, 0.15) is 34.5 Å². The molecule has 0 bridgehead atoms. The number of nitrogens with zero attached hydrogens (tertiary/aromatic N) is 2. The van der Waals surface area contributed by atoms with E-state index in [2.05, 4.69) is 35.4 Å². The second-order valence-corrected chi connectivity index (χ2v) is 6.01. The van der Waals surface area contributed by atoms with Crippen molar-refractivity contribution in [1.29, 1.82) is 5.26 Å². The molecule has 0 saturated heterocycles. The molecule has 1 aliphatic rings. The molecule has 2 heterocycles. The van der Waals surface area contributed by atoms with Crippen LogP contribution in [0.4, 0.5) is 0 Å². The topological polar surface area (TPSA) is 27.0 Å². The van der Waals surface area contributed by atoms with Crippen molar-refractivity contribution in [2.45, 2.75) is 25.9 Å². The van der Waals surface area contributed by atoms with E-state index in [1.54, 1.807) is 0 Å². The third kappa shape index (κ3) is 2.42. The summed E-state index contributed by atoms with van der Waals surface area (Å²) in [6, 6.07) is 12.9. The van der Waals surface area contributed by atoms with Gasteiger partial charge in [0.2, 0.25) is 0 Å². The normalized spacial score (nSPS) is 18.8. The van der Waals surface area contributed by atoms with Crippen LogP contribution >= 0.6 is 11.3 Å². The van der Waals surface area contributed by atoms with Crippen LogP contribution in [0.3, 0.4) is 0 Å². The minimum Gasteiger partial charge on any atom is -0.292 e. The number of rotatable bonds is 2. The largest absolute Gasteiger partial charge is 0.292 e. The van der Waals surface area contributed by atoms with Crippen LogP contribution in [0.25, 0.3) is 0 Å². The smallest absolute Gasteiger partial charge is 0.0991 e. The van der Waals surface area contributed by atoms with Crippen LogP contribution in [-0.2, 0) is 13.0 Å². The molecule has 0 spiro atoms. The predicted octanol–water partition coefficient (Wildman–Crippen LogP) is 3.74. The highest BCUT2D eigenvalue weighted by atomic mass is 32.1. The Balaban J connectivity index is 1.79. The number of hydrogen-bond acceptors (Lipinski definition) is 3. The first-order valence-electron chi connectivity index (χ1n) is 6.57. The van der Waals surface area contributed by atoms with E-state index in [-0.39, 0.29) is 0 Å². The summed E-state index contributed by atoms with van der Waals surface area (Å²) in [4.78, 5) is 4.03.